The quantitative estimate of drug-likeness (QED) is 0.901. The fraction of sp³-hybridized carbons (Fsp3) is 0.600. The maximum atomic E-state index is 12.4. The zero-order chi connectivity index (χ0) is 13.9. The average Bonchev–Trinajstić information content (AvgIpc) is 2.59. The maximum Gasteiger partial charge on any atom is 0.401 e. The van der Waals surface area contributed by atoms with Gasteiger partial charge in [0.05, 0.1) is 29.8 Å². The van der Waals surface area contributed by atoms with E-state index >= 15 is 0 Å². The molecule has 1 rings (SSSR count). The molecule has 0 aliphatic carbocycles. The third-order valence-electron chi connectivity index (χ3n) is 2.33. The highest BCUT2D eigenvalue weighted by Gasteiger charge is 2.34. The number of aliphatic carboxylic acids is 1. The summed E-state index contributed by atoms with van der Waals surface area (Å²) >= 11 is 1.32. The second-order valence-electron chi connectivity index (χ2n) is 3.88. The van der Waals surface area contributed by atoms with Crippen molar-refractivity contribution in [3.63, 3.8) is 0 Å². The predicted molar refractivity (Wildman–Crippen MR) is 60.5 cm³/mol. The number of carboxylic acid groups (broad SMARTS) is 1. The van der Waals surface area contributed by atoms with Crippen LogP contribution in [0.25, 0.3) is 0 Å². The summed E-state index contributed by atoms with van der Waals surface area (Å²) in [5.74, 6) is -1.29. The van der Waals surface area contributed by atoms with Crippen LogP contribution in [-0.2, 0) is 4.79 Å². The van der Waals surface area contributed by atoms with E-state index in [9.17, 15) is 18.0 Å². The molecule has 102 valence electrons. The van der Waals surface area contributed by atoms with Crippen molar-refractivity contribution < 1.29 is 23.1 Å². The van der Waals surface area contributed by atoms with Crippen molar-refractivity contribution in [1.29, 1.82) is 0 Å². The van der Waals surface area contributed by atoms with E-state index in [1.807, 2.05) is 0 Å². The average molecular weight is 282 g/mol. The van der Waals surface area contributed by atoms with Crippen LogP contribution in [0.1, 0.15) is 23.7 Å². The summed E-state index contributed by atoms with van der Waals surface area (Å²) < 4.78 is 37.2. The number of rotatable bonds is 5. The van der Waals surface area contributed by atoms with Crippen LogP contribution in [0, 0.1) is 6.92 Å². The predicted octanol–water partition coefficient (Wildman–Crippen LogP) is 2.46. The number of hydrogen-bond donors (Lipinski definition) is 1. The van der Waals surface area contributed by atoms with E-state index < -0.39 is 31.3 Å². The lowest BCUT2D eigenvalue weighted by Gasteiger charge is -2.27. The fourth-order valence-electron chi connectivity index (χ4n) is 1.49. The normalized spacial score (nSPS) is 13.9. The third-order valence-corrected chi connectivity index (χ3v) is 3.13. The van der Waals surface area contributed by atoms with Crippen molar-refractivity contribution in [2.45, 2.75) is 26.1 Å². The van der Waals surface area contributed by atoms with Gasteiger partial charge in [-0.25, -0.2) is 4.98 Å². The van der Waals surface area contributed by atoms with Crippen LogP contribution in [-0.4, -0.2) is 40.2 Å². The van der Waals surface area contributed by atoms with Gasteiger partial charge >= 0.3 is 12.1 Å². The first-order chi connectivity index (χ1) is 8.19. The Hall–Kier alpha value is -1.15. The second kappa shape index (κ2) is 5.66. The highest BCUT2D eigenvalue weighted by Crippen LogP contribution is 2.26. The molecule has 1 aromatic heterocycles. The minimum atomic E-state index is -4.44. The van der Waals surface area contributed by atoms with Crippen LogP contribution in [0.2, 0.25) is 0 Å². The van der Waals surface area contributed by atoms with Gasteiger partial charge in [-0.2, -0.15) is 13.2 Å². The molecule has 1 aromatic rings. The molecule has 1 N–H and O–H groups in total. The summed E-state index contributed by atoms with van der Waals surface area (Å²) in [5.41, 5.74) is 0.461. The molecular weight excluding hydrogens is 269 g/mol. The van der Waals surface area contributed by atoms with E-state index in [0.29, 0.717) is 5.69 Å². The Morgan fingerprint density at radius 3 is 2.61 bits per heavy atom. The Morgan fingerprint density at radius 2 is 2.22 bits per heavy atom. The summed E-state index contributed by atoms with van der Waals surface area (Å²) in [6, 6.07) is -0.687. The Kier molecular flexibility index (Phi) is 4.69. The molecule has 0 bridgehead atoms. The Balaban J connectivity index is 2.84. The summed E-state index contributed by atoms with van der Waals surface area (Å²) in [6.07, 6.45) is -4.44. The lowest BCUT2D eigenvalue weighted by Crippen LogP contribution is -2.39. The largest absolute Gasteiger partial charge is 0.480 e. The van der Waals surface area contributed by atoms with E-state index in [1.54, 1.807) is 12.3 Å². The number of halogens is 3. The summed E-state index contributed by atoms with van der Waals surface area (Å²) in [6.45, 7) is 1.32. The molecule has 0 aliphatic heterocycles. The number of carboxylic acids is 1. The molecule has 0 radical (unpaired) electrons. The molecular formula is C10H13F3N2O2S. The highest BCUT2D eigenvalue weighted by atomic mass is 32.1. The molecule has 1 atom stereocenters. The van der Waals surface area contributed by atoms with Gasteiger partial charge in [0.15, 0.2) is 0 Å². The monoisotopic (exact) mass is 282 g/mol. The van der Waals surface area contributed by atoms with Crippen LogP contribution in [0.5, 0.6) is 0 Å². The number of aromatic nitrogens is 1. The van der Waals surface area contributed by atoms with Crippen LogP contribution in [0.3, 0.4) is 0 Å². The minimum absolute atomic E-state index is 0.461. The lowest BCUT2D eigenvalue weighted by atomic mass is 10.2. The second-order valence-corrected chi connectivity index (χ2v) is 4.94. The standard InChI is InChI=1S/C10H13F3N2O2S/c1-6(8-4-18-7(2)14-8)15(3-9(16)17)5-10(11,12)13/h4,6H,3,5H2,1-2H3,(H,16,17). The number of hydrogen-bond acceptors (Lipinski definition) is 4. The van der Waals surface area contributed by atoms with Crippen LogP contribution >= 0.6 is 11.3 Å². The van der Waals surface area contributed by atoms with Gasteiger partial charge in [-0.1, -0.05) is 0 Å². The highest BCUT2D eigenvalue weighted by molar-refractivity contribution is 7.09. The molecule has 18 heavy (non-hydrogen) atoms. The van der Waals surface area contributed by atoms with E-state index in [0.717, 1.165) is 9.91 Å². The van der Waals surface area contributed by atoms with E-state index in [4.69, 9.17) is 5.11 Å². The number of thiazole rings is 1. The first kappa shape index (κ1) is 14.9. The summed E-state index contributed by atoms with van der Waals surface area (Å²) in [7, 11) is 0. The zero-order valence-electron chi connectivity index (χ0n) is 9.86. The molecule has 0 saturated carbocycles. The van der Waals surface area contributed by atoms with E-state index in [-0.39, 0.29) is 0 Å². The molecule has 1 heterocycles. The molecule has 8 heteroatoms. The van der Waals surface area contributed by atoms with Crippen LogP contribution in [0.15, 0.2) is 5.38 Å². The molecule has 0 aliphatic rings. The van der Waals surface area contributed by atoms with Gasteiger partial charge in [-0.15, -0.1) is 11.3 Å². The van der Waals surface area contributed by atoms with Crippen molar-refractivity contribution in [2.75, 3.05) is 13.1 Å². The van der Waals surface area contributed by atoms with E-state index in [2.05, 4.69) is 4.98 Å². The van der Waals surface area contributed by atoms with Crippen molar-refractivity contribution in [2.24, 2.45) is 0 Å². The minimum Gasteiger partial charge on any atom is -0.480 e. The molecule has 0 aromatic carbocycles. The molecule has 0 spiro atoms. The van der Waals surface area contributed by atoms with Crippen molar-refractivity contribution >= 4 is 17.3 Å². The third kappa shape index (κ3) is 4.61. The number of alkyl halides is 3. The van der Waals surface area contributed by atoms with Crippen molar-refractivity contribution in [1.82, 2.24) is 9.88 Å². The molecule has 0 amide bonds. The van der Waals surface area contributed by atoms with Crippen molar-refractivity contribution in [3.8, 4) is 0 Å². The number of carbonyl (C=O) groups is 1. The van der Waals surface area contributed by atoms with Gasteiger partial charge in [0, 0.05) is 5.38 Å². The van der Waals surface area contributed by atoms with Gasteiger partial charge in [-0.3, -0.25) is 9.69 Å². The Labute approximate surface area is 106 Å². The first-order valence-corrected chi connectivity index (χ1v) is 6.01. The van der Waals surface area contributed by atoms with Crippen LogP contribution < -0.4 is 0 Å². The maximum absolute atomic E-state index is 12.4. The lowest BCUT2D eigenvalue weighted by molar-refractivity contribution is -0.158. The van der Waals surface area contributed by atoms with Gasteiger partial charge in [0.25, 0.3) is 0 Å². The summed E-state index contributed by atoms with van der Waals surface area (Å²) in [4.78, 5) is 15.5. The van der Waals surface area contributed by atoms with Gasteiger partial charge in [0.1, 0.15) is 0 Å². The molecule has 0 fully saturated rings. The number of nitrogens with zero attached hydrogens (tertiary/aromatic N) is 2. The van der Waals surface area contributed by atoms with Crippen molar-refractivity contribution in [3.05, 3.63) is 16.1 Å². The summed E-state index contributed by atoms with van der Waals surface area (Å²) in [5, 5.41) is 11.0. The van der Waals surface area contributed by atoms with Gasteiger partial charge in [0.2, 0.25) is 0 Å². The van der Waals surface area contributed by atoms with E-state index in [1.165, 1.54) is 18.3 Å². The number of aryl methyl sites for hydroxylation is 1. The first-order valence-electron chi connectivity index (χ1n) is 5.13. The molecule has 1 unspecified atom stereocenters. The zero-order valence-corrected chi connectivity index (χ0v) is 10.7. The smallest absolute Gasteiger partial charge is 0.401 e. The molecule has 0 saturated heterocycles. The SMILES string of the molecule is Cc1nc(C(C)N(CC(=O)O)CC(F)(F)F)cs1. The fourth-order valence-corrected chi connectivity index (χ4v) is 2.19. The topological polar surface area (TPSA) is 53.4 Å². The van der Waals surface area contributed by atoms with Gasteiger partial charge < -0.3 is 5.11 Å². The molecule has 4 nitrogen and oxygen atoms in total. The Morgan fingerprint density at radius 1 is 1.61 bits per heavy atom. The Bertz CT molecular complexity index is 420. The van der Waals surface area contributed by atoms with Gasteiger partial charge in [-0.05, 0) is 13.8 Å². The van der Waals surface area contributed by atoms with Crippen LogP contribution in [0.4, 0.5) is 13.2 Å².